The van der Waals surface area contributed by atoms with Crippen LogP contribution < -0.4 is 0 Å². The summed E-state index contributed by atoms with van der Waals surface area (Å²) in [5, 5.41) is 3.19. The Hall–Kier alpha value is -0.890. The van der Waals surface area contributed by atoms with Gasteiger partial charge >= 0.3 is 0 Å². The van der Waals surface area contributed by atoms with E-state index in [0.29, 0.717) is 0 Å². The maximum atomic E-state index is 13.4. The summed E-state index contributed by atoms with van der Waals surface area (Å²) in [6.07, 6.45) is 5.66. The quantitative estimate of drug-likeness (QED) is 0.641. The van der Waals surface area contributed by atoms with E-state index in [9.17, 15) is 4.39 Å². The van der Waals surface area contributed by atoms with E-state index >= 15 is 0 Å². The van der Waals surface area contributed by atoms with Crippen LogP contribution in [0.25, 0.3) is 10.1 Å². The molecule has 0 saturated carbocycles. The van der Waals surface area contributed by atoms with Gasteiger partial charge in [-0.25, -0.2) is 4.39 Å². The molecule has 0 fully saturated rings. The van der Waals surface area contributed by atoms with E-state index in [1.807, 2.05) is 6.07 Å². The summed E-state index contributed by atoms with van der Waals surface area (Å²) >= 11 is 1.52. The van der Waals surface area contributed by atoms with Crippen molar-refractivity contribution < 1.29 is 4.39 Å². The van der Waals surface area contributed by atoms with Gasteiger partial charge in [0.25, 0.3) is 0 Å². The van der Waals surface area contributed by atoms with Crippen LogP contribution in [-0.4, -0.2) is 0 Å². The first kappa shape index (κ1) is 11.6. The molecule has 85 valence electrons. The standard InChI is InChI=1S/C14H16FS/c1-2-3-4-5-7-11-10-16-14-12(11)8-6-9-13(14)15/h6,8-10H,1-5,7H2. The van der Waals surface area contributed by atoms with Crippen molar-refractivity contribution in [2.24, 2.45) is 0 Å². The van der Waals surface area contributed by atoms with E-state index in [1.165, 1.54) is 42.2 Å². The summed E-state index contributed by atoms with van der Waals surface area (Å²) in [5.74, 6) is -0.0912. The number of rotatable bonds is 5. The topological polar surface area (TPSA) is 0 Å². The molecule has 1 heterocycles. The molecule has 0 amide bonds. The van der Waals surface area contributed by atoms with E-state index in [2.05, 4.69) is 12.3 Å². The van der Waals surface area contributed by atoms with Crippen molar-refractivity contribution in [1.82, 2.24) is 0 Å². The first-order valence-electron chi connectivity index (χ1n) is 5.77. The molecule has 0 bridgehead atoms. The lowest BCUT2D eigenvalue weighted by atomic mass is 10.1. The Kier molecular flexibility index (Phi) is 3.94. The summed E-state index contributed by atoms with van der Waals surface area (Å²) in [5.41, 5.74) is 1.29. The van der Waals surface area contributed by atoms with Gasteiger partial charge in [0.2, 0.25) is 0 Å². The molecule has 1 aromatic carbocycles. The van der Waals surface area contributed by atoms with Gasteiger partial charge in [-0.3, -0.25) is 0 Å². The summed E-state index contributed by atoms with van der Waals surface area (Å²) in [4.78, 5) is 0. The maximum absolute atomic E-state index is 13.4. The van der Waals surface area contributed by atoms with E-state index in [0.717, 1.165) is 22.9 Å². The maximum Gasteiger partial charge on any atom is 0.140 e. The smallest absolute Gasteiger partial charge is 0.140 e. The molecule has 0 N–H and O–H groups in total. The minimum atomic E-state index is -0.0912. The molecular weight excluding hydrogens is 219 g/mol. The number of fused-ring (bicyclic) bond motifs is 1. The largest absolute Gasteiger partial charge is 0.205 e. The second-order valence-corrected chi connectivity index (χ2v) is 4.92. The first-order chi connectivity index (χ1) is 7.83. The second-order valence-electron chi connectivity index (χ2n) is 4.04. The molecular formula is C14H16FS. The predicted molar refractivity (Wildman–Crippen MR) is 69.3 cm³/mol. The fraction of sp³-hybridized carbons (Fsp3) is 0.357. The number of halogens is 1. The van der Waals surface area contributed by atoms with Crippen LogP contribution in [-0.2, 0) is 6.42 Å². The number of unbranched alkanes of at least 4 members (excludes halogenated alkanes) is 3. The fourth-order valence-electron chi connectivity index (χ4n) is 1.94. The van der Waals surface area contributed by atoms with E-state index < -0.39 is 0 Å². The van der Waals surface area contributed by atoms with Gasteiger partial charge in [0.05, 0.1) is 4.70 Å². The number of aryl methyl sites for hydroxylation is 1. The highest BCUT2D eigenvalue weighted by atomic mass is 32.1. The van der Waals surface area contributed by atoms with Crippen LogP contribution in [0.2, 0.25) is 0 Å². The van der Waals surface area contributed by atoms with Gasteiger partial charge in [0.1, 0.15) is 5.82 Å². The average molecular weight is 235 g/mol. The number of thiophene rings is 1. The number of hydrogen-bond acceptors (Lipinski definition) is 1. The van der Waals surface area contributed by atoms with Gasteiger partial charge < -0.3 is 0 Å². The van der Waals surface area contributed by atoms with Gasteiger partial charge in [-0.1, -0.05) is 38.3 Å². The first-order valence-corrected chi connectivity index (χ1v) is 6.64. The molecule has 0 nitrogen and oxygen atoms in total. The van der Waals surface area contributed by atoms with Crippen LogP contribution in [0.4, 0.5) is 4.39 Å². The fourth-order valence-corrected chi connectivity index (χ4v) is 2.95. The monoisotopic (exact) mass is 235 g/mol. The van der Waals surface area contributed by atoms with Crippen molar-refractivity contribution in [2.75, 3.05) is 0 Å². The summed E-state index contributed by atoms with van der Waals surface area (Å²) in [7, 11) is 0. The molecule has 2 aromatic rings. The summed E-state index contributed by atoms with van der Waals surface area (Å²) in [6.45, 7) is 3.83. The van der Waals surface area contributed by atoms with Crippen LogP contribution in [0.15, 0.2) is 23.6 Å². The van der Waals surface area contributed by atoms with Gasteiger partial charge in [-0.05, 0) is 35.2 Å². The molecule has 2 rings (SSSR count). The molecule has 1 aromatic heterocycles. The number of hydrogen-bond donors (Lipinski definition) is 0. The highest BCUT2D eigenvalue weighted by molar-refractivity contribution is 7.17. The van der Waals surface area contributed by atoms with Crippen molar-refractivity contribution in [3.63, 3.8) is 0 Å². The van der Waals surface area contributed by atoms with Gasteiger partial charge in [-0.2, -0.15) is 0 Å². The Morgan fingerprint density at radius 2 is 2.06 bits per heavy atom. The Morgan fingerprint density at radius 3 is 2.88 bits per heavy atom. The third-order valence-electron chi connectivity index (χ3n) is 2.83. The van der Waals surface area contributed by atoms with Crippen molar-refractivity contribution >= 4 is 21.4 Å². The zero-order valence-corrected chi connectivity index (χ0v) is 10.2. The molecule has 0 unspecified atom stereocenters. The highest BCUT2D eigenvalue weighted by Crippen LogP contribution is 2.29. The Morgan fingerprint density at radius 1 is 1.19 bits per heavy atom. The summed E-state index contributed by atoms with van der Waals surface area (Å²) < 4.78 is 14.2. The van der Waals surface area contributed by atoms with Crippen LogP contribution in [0.1, 0.15) is 31.2 Å². The van der Waals surface area contributed by atoms with Crippen molar-refractivity contribution in [3.8, 4) is 0 Å². The van der Waals surface area contributed by atoms with Gasteiger partial charge in [-0.15, -0.1) is 11.3 Å². The zero-order valence-electron chi connectivity index (χ0n) is 9.34. The lowest BCUT2D eigenvalue weighted by molar-refractivity contribution is 0.641. The van der Waals surface area contributed by atoms with Gasteiger partial charge in [0, 0.05) is 0 Å². The highest BCUT2D eigenvalue weighted by Gasteiger charge is 2.06. The Bertz CT molecular complexity index is 459. The van der Waals surface area contributed by atoms with Crippen LogP contribution in [0.5, 0.6) is 0 Å². The van der Waals surface area contributed by atoms with Crippen LogP contribution in [0, 0.1) is 12.7 Å². The minimum Gasteiger partial charge on any atom is -0.205 e. The Balaban J connectivity index is 2.10. The van der Waals surface area contributed by atoms with Crippen LogP contribution >= 0.6 is 11.3 Å². The Labute approximate surface area is 100 Å². The van der Waals surface area contributed by atoms with Gasteiger partial charge in [0.15, 0.2) is 0 Å². The lowest BCUT2D eigenvalue weighted by Crippen LogP contribution is -1.84. The normalized spacial score (nSPS) is 11.1. The molecule has 0 aliphatic rings. The molecule has 0 aliphatic carbocycles. The second kappa shape index (κ2) is 5.44. The summed E-state index contributed by atoms with van der Waals surface area (Å²) in [6, 6.07) is 5.35. The SMILES string of the molecule is [CH2]CCCCCc1csc2c(F)cccc12. The molecule has 1 radical (unpaired) electrons. The predicted octanol–water partition coefficient (Wildman–Crippen LogP) is 4.98. The van der Waals surface area contributed by atoms with E-state index in [4.69, 9.17) is 0 Å². The van der Waals surface area contributed by atoms with Crippen LogP contribution in [0.3, 0.4) is 0 Å². The molecule has 0 atom stereocenters. The van der Waals surface area contributed by atoms with E-state index in [1.54, 1.807) is 6.07 Å². The number of benzene rings is 1. The minimum absolute atomic E-state index is 0.0912. The lowest BCUT2D eigenvalue weighted by Gasteiger charge is -1.99. The van der Waals surface area contributed by atoms with Crippen molar-refractivity contribution in [1.29, 1.82) is 0 Å². The van der Waals surface area contributed by atoms with E-state index in [-0.39, 0.29) is 5.82 Å². The van der Waals surface area contributed by atoms with Crippen molar-refractivity contribution in [3.05, 3.63) is 41.9 Å². The molecule has 0 spiro atoms. The molecule has 0 aliphatic heterocycles. The third kappa shape index (κ3) is 2.43. The molecule has 0 saturated heterocycles. The van der Waals surface area contributed by atoms with Crippen molar-refractivity contribution in [2.45, 2.75) is 32.1 Å². The third-order valence-corrected chi connectivity index (χ3v) is 3.88. The average Bonchev–Trinajstić information content (AvgIpc) is 2.70. The molecule has 2 heteroatoms. The molecule has 16 heavy (non-hydrogen) atoms. The zero-order chi connectivity index (χ0) is 11.4.